The van der Waals surface area contributed by atoms with E-state index in [1.807, 2.05) is 0 Å². The molecule has 0 radical (unpaired) electrons. The molecule has 3 N–H and O–H groups in total. The van der Waals surface area contributed by atoms with Crippen LogP contribution in [0.5, 0.6) is 0 Å². The molecule has 2 aromatic carbocycles. The highest BCUT2D eigenvalue weighted by Crippen LogP contribution is 2.32. The Morgan fingerprint density at radius 3 is 2.16 bits per heavy atom. The first-order chi connectivity index (χ1) is 8.88. The van der Waals surface area contributed by atoms with Crippen LogP contribution in [0, 0.1) is 17.5 Å². The molecule has 7 heteroatoms. The van der Waals surface area contributed by atoms with Gasteiger partial charge in [-0.1, -0.05) is 27.5 Å². The Kier molecular flexibility index (Phi) is 3.91. The number of benzene rings is 2. The van der Waals surface area contributed by atoms with E-state index in [0.717, 1.165) is 24.3 Å². The van der Waals surface area contributed by atoms with E-state index in [1.54, 1.807) is 0 Å². The zero-order valence-electron chi connectivity index (χ0n) is 9.28. The third-order valence-corrected chi connectivity index (χ3v) is 3.11. The molecule has 0 saturated heterocycles. The van der Waals surface area contributed by atoms with Crippen molar-refractivity contribution < 1.29 is 13.2 Å². The van der Waals surface area contributed by atoms with Crippen molar-refractivity contribution in [2.24, 2.45) is 0 Å². The highest BCUT2D eigenvalue weighted by molar-refractivity contribution is 9.10. The first-order valence-electron chi connectivity index (χ1n) is 5.04. The Morgan fingerprint density at radius 1 is 1.00 bits per heavy atom. The van der Waals surface area contributed by atoms with Crippen molar-refractivity contribution in [3.8, 4) is 0 Å². The highest BCUT2D eigenvalue weighted by Gasteiger charge is 2.13. The zero-order valence-corrected chi connectivity index (χ0v) is 11.6. The Bertz CT molecular complexity index is 626. The second-order valence-corrected chi connectivity index (χ2v) is 5.05. The summed E-state index contributed by atoms with van der Waals surface area (Å²) in [6, 6.07) is 4.29. The molecule has 0 amide bonds. The van der Waals surface area contributed by atoms with Gasteiger partial charge in [0.1, 0.15) is 11.5 Å². The second kappa shape index (κ2) is 5.30. The smallest absolute Gasteiger partial charge is 0.150 e. The van der Waals surface area contributed by atoms with Crippen molar-refractivity contribution in [1.82, 2.24) is 0 Å². The summed E-state index contributed by atoms with van der Waals surface area (Å²) in [7, 11) is 0. The van der Waals surface area contributed by atoms with Crippen LogP contribution in [0.25, 0.3) is 0 Å². The van der Waals surface area contributed by atoms with Gasteiger partial charge in [0.15, 0.2) is 11.6 Å². The van der Waals surface area contributed by atoms with Crippen LogP contribution in [0.3, 0.4) is 0 Å². The van der Waals surface area contributed by atoms with Crippen LogP contribution in [-0.2, 0) is 0 Å². The second-order valence-electron chi connectivity index (χ2n) is 3.72. The lowest BCUT2D eigenvalue weighted by molar-refractivity contribution is 0.589. The summed E-state index contributed by atoms with van der Waals surface area (Å²) in [5.41, 5.74) is 5.29. The van der Waals surface area contributed by atoms with Gasteiger partial charge in [-0.2, -0.15) is 0 Å². The fraction of sp³-hybridized carbons (Fsp3) is 0. The maximum Gasteiger partial charge on any atom is 0.150 e. The Morgan fingerprint density at radius 2 is 1.58 bits per heavy atom. The maximum atomic E-state index is 13.6. The largest absolute Gasteiger partial charge is 0.397 e. The van der Waals surface area contributed by atoms with Crippen LogP contribution in [0.2, 0.25) is 5.02 Å². The number of halogens is 5. The van der Waals surface area contributed by atoms with E-state index in [-0.39, 0.29) is 20.9 Å². The predicted molar refractivity (Wildman–Crippen MR) is 73.2 cm³/mol. The molecule has 0 heterocycles. The predicted octanol–water partition coefficient (Wildman–Crippen LogP) is 4.85. The summed E-state index contributed by atoms with van der Waals surface area (Å²) < 4.78 is 40.8. The maximum absolute atomic E-state index is 13.6. The van der Waals surface area contributed by atoms with Gasteiger partial charge in [0.25, 0.3) is 0 Å². The molecule has 0 bridgehead atoms. The SMILES string of the molecule is Nc1cc(Cl)c(F)cc1Nc1c(F)cc(Br)cc1F. The molecule has 0 atom stereocenters. The van der Waals surface area contributed by atoms with Gasteiger partial charge < -0.3 is 11.1 Å². The number of nitrogens with one attached hydrogen (secondary N) is 1. The number of rotatable bonds is 2. The standard InChI is InChI=1S/C12H7BrClF3N2/c13-5-1-8(16)12(9(17)2-5)19-11-4-7(15)6(14)3-10(11)18/h1-4,19H,18H2. The van der Waals surface area contributed by atoms with Crippen molar-refractivity contribution in [2.45, 2.75) is 0 Å². The summed E-state index contributed by atoms with van der Waals surface area (Å²) >= 11 is 8.49. The van der Waals surface area contributed by atoms with Crippen molar-refractivity contribution >= 4 is 44.6 Å². The van der Waals surface area contributed by atoms with Gasteiger partial charge in [-0.25, -0.2) is 13.2 Å². The lowest BCUT2D eigenvalue weighted by Gasteiger charge is -2.12. The first kappa shape index (κ1) is 14.0. The van der Waals surface area contributed by atoms with Crippen LogP contribution in [0.4, 0.5) is 30.2 Å². The summed E-state index contributed by atoms with van der Waals surface area (Å²) in [5, 5.41) is 2.24. The lowest BCUT2D eigenvalue weighted by Crippen LogP contribution is -2.01. The van der Waals surface area contributed by atoms with Crippen LogP contribution < -0.4 is 11.1 Å². The van der Waals surface area contributed by atoms with Gasteiger partial charge in [-0.15, -0.1) is 0 Å². The quantitative estimate of drug-likeness (QED) is 0.759. The summed E-state index contributed by atoms with van der Waals surface area (Å²) in [6.45, 7) is 0. The topological polar surface area (TPSA) is 38.0 Å². The normalized spacial score (nSPS) is 10.6. The third kappa shape index (κ3) is 2.96. The summed E-state index contributed by atoms with van der Waals surface area (Å²) in [4.78, 5) is 0. The molecule has 2 aromatic rings. The molecule has 19 heavy (non-hydrogen) atoms. The number of nitrogens with two attached hydrogens (primary N) is 1. The first-order valence-corrected chi connectivity index (χ1v) is 6.21. The molecule has 2 nitrogen and oxygen atoms in total. The van der Waals surface area contributed by atoms with Gasteiger partial charge in [-0.05, 0) is 18.2 Å². The van der Waals surface area contributed by atoms with Gasteiger partial charge in [-0.3, -0.25) is 0 Å². The molecule has 0 spiro atoms. The minimum atomic E-state index is -0.832. The Hall–Kier alpha value is -1.40. The van der Waals surface area contributed by atoms with Gasteiger partial charge in [0, 0.05) is 10.5 Å². The van der Waals surface area contributed by atoms with Gasteiger partial charge in [0.2, 0.25) is 0 Å². The minimum absolute atomic E-state index is 0.0297. The van der Waals surface area contributed by atoms with Crippen molar-refractivity contribution in [3.05, 3.63) is 51.2 Å². The van der Waals surface area contributed by atoms with Gasteiger partial charge in [0.05, 0.1) is 16.4 Å². The van der Waals surface area contributed by atoms with Crippen LogP contribution in [0.15, 0.2) is 28.7 Å². The summed E-state index contributed by atoms with van der Waals surface area (Å²) in [5.74, 6) is -2.40. The average Bonchev–Trinajstić information content (AvgIpc) is 2.29. The van der Waals surface area contributed by atoms with E-state index < -0.39 is 23.1 Å². The number of hydrogen-bond acceptors (Lipinski definition) is 2. The fourth-order valence-corrected chi connectivity index (χ4v) is 2.04. The number of anilines is 3. The molecule has 0 unspecified atom stereocenters. The molecule has 0 aromatic heterocycles. The fourth-order valence-electron chi connectivity index (χ4n) is 1.47. The van der Waals surface area contributed by atoms with E-state index >= 15 is 0 Å². The van der Waals surface area contributed by atoms with Gasteiger partial charge >= 0.3 is 0 Å². The van der Waals surface area contributed by atoms with Crippen molar-refractivity contribution in [1.29, 1.82) is 0 Å². The van der Waals surface area contributed by atoms with Crippen molar-refractivity contribution in [3.63, 3.8) is 0 Å². The zero-order chi connectivity index (χ0) is 14.2. The van der Waals surface area contributed by atoms with E-state index in [1.165, 1.54) is 0 Å². The molecular weight excluding hydrogens is 344 g/mol. The van der Waals surface area contributed by atoms with E-state index in [2.05, 4.69) is 21.2 Å². The third-order valence-electron chi connectivity index (χ3n) is 2.36. The van der Waals surface area contributed by atoms with E-state index in [4.69, 9.17) is 17.3 Å². The minimum Gasteiger partial charge on any atom is -0.397 e. The Labute approximate surface area is 120 Å². The molecule has 0 aliphatic rings. The average molecular weight is 352 g/mol. The highest BCUT2D eigenvalue weighted by atomic mass is 79.9. The molecule has 2 rings (SSSR count). The lowest BCUT2D eigenvalue weighted by atomic mass is 10.2. The van der Waals surface area contributed by atoms with Crippen LogP contribution >= 0.6 is 27.5 Å². The molecule has 100 valence electrons. The van der Waals surface area contributed by atoms with Crippen molar-refractivity contribution in [2.75, 3.05) is 11.1 Å². The molecular formula is C12H7BrClF3N2. The molecule has 0 aliphatic carbocycles. The van der Waals surface area contributed by atoms with Crippen LogP contribution in [-0.4, -0.2) is 0 Å². The molecule has 0 fully saturated rings. The molecule has 0 saturated carbocycles. The van der Waals surface area contributed by atoms with E-state index in [0.29, 0.717) is 0 Å². The van der Waals surface area contributed by atoms with E-state index in [9.17, 15) is 13.2 Å². The summed E-state index contributed by atoms with van der Waals surface area (Å²) in [6.07, 6.45) is 0. The number of hydrogen-bond donors (Lipinski definition) is 2. The van der Waals surface area contributed by atoms with Crippen LogP contribution in [0.1, 0.15) is 0 Å². The molecule has 0 aliphatic heterocycles. The number of nitrogen functional groups attached to an aromatic ring is 1. The Balaban J connectivity index is 2.45. The monoisotopic (exact) mass is 350 g/mol.